The Bertz CT molecular complexity index is 444. The first-order chi connectivity index (χ1) is 8.54. The van der Waals surface area contributed by atoms with E-state index in [2.05, 4.69) is 26.8 Å². The zero-order valence-corrected chi connectivity index (χ0v) is 12.1. The second-order valence-corrected chi connectivity index (χ2v) is 4.43. The van der Waals surface area contributed by atoms with Gasteiger partial charge in [-0.25, -0.2) is 0 Å². The van der Waals surface area contributed by atoms with Crippen LogP contribution in [0, 0.1) is 6.92 Å². The number of hydrogen-bond acceptors (Lipinski definition) is 3. The summed E-state index contributed by atoms with van der Waals surface area (Å²) in [6.45, 7) is 6.23. The molecule has 0 amide bonds. The van der Waals surface area contributed by atoms with Gasteiger partial charge in [0.1, 0.15) is 0 Å². The van der Waals surface area contributed by atoms with Crippen molar-refractivity contribution >= 4 is 0 Å². The first-order valence-corrected chi connectivity index (χ1v) is 5.96. The smallest absolute Gasteiger partial charge is 0.203 e. The van der Waals surface area contributed by atoms with E-state index in [4.69, 9.17) is 14.2 Å². The molecule has 1 aromatic carbocycles. The number of hydrogen-bond donors (Lipinski definition) is 0. The predicted molar refractivity (Wildman–Crippen MR) is 74.0 cm³/mol. The van der Waals surface area contributed by atoms with E-state index in [0.717, 1.165) is 23.3 Å². The van der Waals surface area contributed by atoms with E-state index in [0.29, 0.717) is 11.5 Å². The Morgan fingerprint density at radius 2 is 1.67 bits per heavy atom. The molecule has 0 atom stereocenters. The van der Waals surface area contributed by atoms with Gasteiger partial charge in [0.15, 0.2) is 11.5 Å². The van der Waals surface area contributed by atoms with Crippen molar-refractivity contribution in [2.45, 2.75) is 27.2 Å². The van der Waals surface area contributed by atoms with E-state index in [9.17, 15) is 0 Å². The van der Waals surface area contributed by atoms with Gasteiger partial charge in [-0.05, 0) is 38.8 Å². The minimum absolute atomic E-state index is 0.655. The van der Waals surface area contributed by atoms with Crippen molar-refractivity contribution in [1.82, 2.24) is 0 Å². The fraction of sp³-hybridized carbons (Fsp3) is 0.467. The summed E-state index contributed by atoms with van der Waals surface area (Å²) in [6.07, 6.45) is 3.01. The summed E-state index contributed by atoms with van der Waals surface area (Å²) >= 11 is 0. The zero-order chi connectivity index (χ0) is 13.7. The van der Waals surface area contributed by atoms with Crippen LogP contribution in [0.15, 0.2) is 17.7 Å². The first-order valence-electron chi connectivity index (χ1n) is 5.96. The number of ether oxygens (including phenoxy) is 3. The lowest BCUT2D eigenvalue weighted by atomic mass is 10.0. The third-order valence-corrected chi connectivity index (χ3v) is 2.87. The van der Waals surface area contributed by atoms with Crippen molar-refractivity contribution in [2.24, 2.45) is 0 Å². The highest BCUT2D eigenvalue weighted by atomic mass is 16.5. The third-order valence-electron chi connectivity index (χ3n) is 2.87. The normalized spacial score (nSPS) is 9.89. The Balaban J connectivity index is 3.36. The highest BCUT2D eigenvalue weighted by molar-refractivity contribution is 5.59. The summed E-state index contributed by atoms with van der Waals surface area (Å²) in [4.78, 5) is 0. The number of methoxy groups -OCH3 is 3. The van der Waals surface area contributed by atoms with Gasteiger partial charge in [0.25, 0.3) is 0 Å². The van der Waals surface area contributed by atoms with Gasteiger partial charge in [0, 0.05) is 5.56 Å². The van der Waals surface area contributed by atoms with Crippen LogP contribution in [0.25, 0.3) is 0 Å². The first kappa shape index (κ1) is 14.4. The van der Waals surface area contributed by atoms with Gasteiger partial charge in [0.05, 0.1) is 21.3 Å². The van der Waals surface area contributed by atoms with Crippen LogP contribution >= 0.6 is 0 Å². The molecule has 0 heterocycles. The fourth-order valence-corrected chi connectivity index (χ4v) is 1.90. The maximum atomic E-state index is 5.49. The maximum Gasteiger partial charge on any atom is 0.203 e. The van der Waals surface area contributed by atoms with E-state index in [1.54, 1.807) is 21.3 Å². The Morgan fingerprint density at radius 1 is 1.06 bits per heavy atom. The second-order valence-electron chi connectivity index (χ2n) is 4.43. The molecule has 0 aliphatic rings. The van der Waals surface area contributed by atoms with Crippen LogP contribution in [0.4, 0.5) is 0 Å². The number of benzene rings is 1. The quantitative estimate of drug-likeness (QED) is 0.748. The van der Waals surface area contributed by atoms with E-state index in [1.807, 2.05) is 6.07 Å². The molecule has 0 aromatic heterocycles. The minimum Gasteiger partial charge on any atom is -0.493 e. The van der Waals surface area contributed by atoms with Crippen molar-refractivity contribution in [3.8, 4) is 17.2 Å². The third kappa shape index (κ3) is 2.97. The molecule has 0 aliphatic carbocycles. The SMILES string of the molecule is COc1cc(C)c(CC=C(C)C)c(OC)c1OC. The molecule has 0 radical (unpaired) electrons. The van der Waals surface area contributed by atoms with Gasteiger partial charge in [-0.15, -0.1) is 0 Å². The average Bonchev–Trinajstić information content (AvgIpc) is 2.35. The van der Waals surface area contributed by atoms with Crippen LogP contribution in [0.3, 0.4) is 0 Å². The summed E-state index contributed by atoms with van der Waals surface area (Å²) in [5.41, 5.74) is 3.56. The molecule has 18 heavy (non-hydrogen) atoms. The molecule has 0 fully saturated rings. The average molecular weight is 250 g/mol. The second kappa shape index (κ2) is 6.34. The van der Waals surface area contributed by atoms with Crippen LogP contribution in [0.2, 0.25) is 0 Å². The molecule has 0 N–H and O–H groups in total. The molecule has 0 spiro atoms. The minimum atomic E-state index is 0.655. The highest BCUT2D eigenvalue weighted by Crippen LogP contribution is 2.42. The topological polar surface area (TPSA) is 27.7 Å². The van der Waals surface area contributed by atoms with E-state index in [1.165, 1.54) is 5.57 Å². The summed E-state index contributed by atoms with van der Waals surface area (Å²) in [5.74, 6) is 2.11. The van der Waals surface area contributed by atoms with Gasteiger partial charge in [-0.3, -0.25) is 0 Å². The lowest BCUT2D eigenvalue weighted by molar-refractivity contribution is 0.322. The molecule has 0 bridgehead atoms. The van der Waals surface area contributed by atoms with Gasteiger partial charge in [-0.2, -0.15) is 0 Å². The van der Waals surface area contributed by atoms with Crippen molar-refractivity contribution in [2.75, 3.05) is 21.3 Å². The molecule has 1 aromatic rings. The molecule has 3 heteroatoms. The van der Waals surface area contributed by atoms with Gasteiger partial charge in [0.2, 0.25) is 5.75 Å². The summed E-state index contributed by atoms with van der Waals surface area (Å²) in [5, 5.41) is 0. The van der Waals surface area contributed by atoms with E-state index < -0.39 is 0 Å². The summed E-state index contributed by atoms with van der Waals surface area (Å²) < 4.78 is 16.2. The standard InChI is InChI=1S/C15H22O3/c1-10(2)7-8-12-11(3)9-13(16-4)15(18-6)14(12)17-5/h7,9H,8H2,1-6H3. The summed E-state index contributed by atoms with van der Waals surface area (Å²) in [6, 6.07) is 1.98. The maximum absolute atomic E-state index is 5.49. The van der Waals surface area contributed by atoms with Crippen LogP contribution in [-0.2, 0) is 6.42 Å². The van der Waals surface area contributed by atoms with Gasteiger partial charge >= 0.3 is 0 Å². The molecular formula is C15H22O3. The van der Waals surface area contributed by atoms with Gasteiger partial charge in [-0.1, -0.05) is 11.6 Å². The van der Waals surface area contributed by atoms with Crippen molar-refractivity contribution < 1.29 is 14.2 Å². The number of rotatable bonds is 5. The van der Waals surface area contributed by atoms with Crippen molar-refractivity contribution in [3.05, 3.63) is 28.8 Å². The molecular weight excluding hydrogens is 228 g/mol. The summed E-state index contributed by atoms with van der Waals surface area (Å²) in [7, 11) is 4.91. The predicted octanol–water partition coefficient (Wildman–Crippen LogP) is 3.53. The molecule has 1 rings (SSSR count). The molecule has 0 saturated heterocycles. The monoisotopic (exact) mass is 250 g/mol. The Kier molecular flexibility index (Phi) is 5.08. The molecule has 100 valence electrons. The number of allylic oxidation sites excluding steroid dienone is 2. The largest absolute Gasteiger partial charge is 0.493 e. The molecule has 0 saturated carbocycles. The Labute approximate surface area is 109 Å². The van der Waals surface area contributed by atoms with E-state index >= 15 is 0 Å². The van der Waals surface area contributed by atoms with Crippen molar-refractivity contribution in [3.63, 3.8) is 0 Å². The Morgan fingerprint density at radius 3 is 2.11 bits per heavy atom. The van der Waals surface area contributed by atoms with Gasteiger partial charge < -0.3 is 14.2 Å². The van der Waals surface area contributed by atoms with E-state index in [-0.39, 0.29) is 0 Å². The lowest BCUT2D eigenvalue weighted by Crippen LogP contribution is -2.01. The zero-order valence-electron chi connectivity index (χ0n) is 12.1. The van der Waals surface area contributed by atoms with Crippen LogP contribution in [-0.4, -0.2) is 21.3 Å². The lowest BCUT2D eigenvalue weighted by Gasteiger charge is -2.17. The highest BCUT2D eigenvalue weighted by Gasteiger charge is 2.17. The molecule has 3 nitrogen and oxygen atoms in total. The van der Waals surface area contributed by atoms with Crippen molar-refractivity contribution in [1.29, 1.82) is 0 Å². The fourth-order valence-electron chi connectivity index (χ4n) is 1.90. The molecule has 0 unspecified atom stereocenters. The molecule has 0 aliphatic heterocycles. The Hall–Kier alpha value is -1.64. The van der Waals surface area contributed by atoms with Crippen LogP contribution in [0.5, 0.6) is 17.2 Å². The van der Waals surface area contributed by atoms with Crippen LogP contribution in [0.1, 0.15) is 25.0 Å². The number of aryl methyl sites for hydroxylation is 1. The van der Waals surface area contributed by atoms with Crippen LogP contribution < -0.4 is 14.2 Å².